The Bertz CT molecular complexity index is 824. The van der Waals surface area contributed by atoms with Gasteiger partial charge in [0.2, 0.25) is 0 Å². The summed E-state index contributed by atoms with van der Waals surface area (Å²) in [7, 11) is 0. The number of carbonyl (C=O) groups excluding carboxylic acids is 1. The van der Waals surface area contributed by atoms with E-state index in [-0.39, 0.29) is 17.5 Å². The van der Waals surface area contributed by atoms with E-state index < -0.39 is 0 Å². The van der Waals surface area contributed by atoms with Gasteiger partial charge >= 0.3 is 0 Å². The average Bonchev–Trinajstić information content (AvgIpc) is 2.94. The first kappa shape index (κ1) is 15.2. The summed E-state index contributed by atoms with van der Waals surface area (Å²) in [6, 6.07) is 13.0. The molecular formula is C18H16FNO3. The van der Waals surface area contributed by atoms with Crippen molar-refractivity contribution in [2.75, 3.05) is 11.9 Å². The van der Waals surface area contributed by atoms with Gasteiger partial charge in [-0.15, -0.1) is 0 Å². The average molecular weight is 313 g/mol. The number of carbonyl (C=O) groups is 1. The molecule has 0 radical (unpaired) electrons. The quantitative estimate of drug-likeness (QED) is 0.761. The van der Waals surface area contributed by atoms with Gasteiger partial charge in [-0.05, 0) is 37.3 Å². The van der Waals surface area contributed by atoms with Gasteiger partial charge in [0.25, 0.3) is 5.91 Å². The third-order valence-corrected chi connectivity index (χ3v) is 3.46. The van der Waals surface area contributed by atoms with E-state index in [1.54, 1.807) is 6.07 Å². The van der Waals surface area contributed by atoms with E-state index in [4.69, 9.17) is 9.15 Å². The number of anilines is 1. The summed E-state index contributed by atoms with van der Waals surface area (Å²) in [5, 5.41) is 3.56. The summed E-state index contributed by atoms with van der Waals surface area (Å²) in [5.41, 5.74) is 1.84. The van der Waals surface area contributed by atoms with Gasteiger partial charge < -0.3 is 14.5 Å². The molecule has 0 saturated carbocycles. The van der Waals surface area contributed by atoms with Crippen molar-refractivity contribution in [3.8, 4) is 0 Å². The lowest BCUT2D eigenvalue weighted by Crippen LogP contribution is -2.13. The first-order valence-corrected chi connectivity index (χ1v) is 7.34. The smallest absolute Gasteiger partial charge is 0.291 e. The lowest BCUT2D eigenvalue weighted by molar-refractivity contribution is 0.0984. The van der Waals surface area contributed by atoms with Gasteiger partial charge in [0.05, 0.1) is 6.61 Å². The van der Waals surface area contributed by atoms with Crippen molar-refractivity contribution in [1.82, 2.24) is 0 Å². The Morgan fingerprint density at radius 2 is 1.91 bits per heavy atom. The Morgan fingerprint density at radius 3 is 2.65 bits per heavy atom. The van der Waals surface area contributed by atoms with Crippen molar-refractivity contribution < 1.29 is 18.3 Å². The number of benzene rings is 2. The molecule has 2 aromatic carbocycles. The zero-order valence-electron chi connectivity index (χ0n) is 12.6. The van der Waals surface area contributed by atoms with Crippen LogP contribution in [0.4, 0.5) is 10.1 Å². The minimum atomic E-state index is -0.387. The van der Waals surface area contributed by atoms with Gasteiger partial charge in [0.1, 0.15) is 11.4 Å². The number of hydrogen-bond acceptors (Lipinski definition) is 3. The minimum absolute atomic E-state index is 0.212. The second kappa shape index (κ2) is 6.62. The molecule has 118 valence electrons. The molecular weight excluding hydrogens is 297 g/mol. The third-order valence-electron chi connectivity index (χ3n) is 3.46. The zero-order chi connectivity index (χ0) is 16.2. The number of nitrogens with one attached hydrogen (secondary N) is 1. The maximum atomic E-state index is 12.9. The second-order valence-corrected chi connectivity index (χ2v) is 5.00. The summed E-state index contributed by atoms with van der Waals surface area (Å²) in [4.78, 5) is 12.5. The van der Waals surface area contributed by atoms with E-state index in [1.807, 2.05) is 25.1 Å². The molecule has 0 unspecified atom stereocenters. The molecule has 0 aliphatic heterocycles. The van der Waals surface area contributed by atoms with Crippen LogP contribution in [0.15, 0.2) is 52.9 Å². The van der Waals surface area contributed by atoms with E-state index >= 15 is 0 Å². The molecule has 0 atom stereocenters. The van der Waals surface area contributed by atoms with E-state index in [0.29, 0.717) is 30.0 Å². The van der Waals surface area contributed by atoms with E-state index in [1.165, 1.54) is 24.3 Å². The fraction of sp³-hybridized carbons (Fsp3) is 0.167. The molecule has 23 heavy (non-hydrogen) atoms. The number of hydrogen-bond donors (Lipinski definition) is 1. The van der Waals surface area contributed by atoms with E-state index in [0.717, 1.165) is 5.39 Å². The molecule has 0 spiro atoms. The number of amides is 1. The maximum absolute atomic E-state index is 12.9. The number of rotatable bonds is 5. The second-order valence-electron chi connectivity index (χ2n) is 5.00. The number of halogens is 1. The Hall–Kier alpha value is -2.66. The molecule has 0 aliphatic carbocycles. The topological polar surface area (TPSA) is 51.5 Å². The maximum Gasteiger partial charge on any atom is 0.291 e. The summed E-state index contributed by atoms with van der Waals surface area (Å²) >= 11 is 0. The fourth-order valence-corrected chi connectivity index (χ4v) is 2.35. The van der Waals surface area contributed by atoms with Crippen LogP contribution in [0, 0.1) is 5.82 Å². The molecule has 5 heteroatoms. The number of fused-ring (bicyclic) bond motifs is 1. The predicted molar refractivity (Wildman–Crippen MR) is 85.9 cm³/mol. The molecule has 4 nitrogen and oxygen atoms in total. The fourth-order valence-electron chi connectivity index (χ4n) is 2.35. The van der Waals surface area contributed by atoms with E-state index in [2.05, 4.69) is 5.32 Å². The Labute approximate surface area is 132 Å². The molecule has 0 aliphatic rings. The van der Waals surface area contributed by atoms with Gasteiger partial charge in [-0.3, -0.25) is 4.79 Å². The van der Waals surface area contributed by atoms with Crippen LogP contribution >= 0.6 is 0 Å². The van der Waals surface area contributed by atoms with Gasteiger partial charge in [0.15, 0.2) is 5.76 Å². The molecule has 1 aromatic heterocycles. The van der Waals surface area contributed by atoms with Crippen molar-refractivity contribution in [3.63, 3.8) is 0 Å². The molecule has 3 rings (SSSR count). The molecule has 0 fully saturated rings. The van der Waals surface area contributed by atoms with Gasteiger partial charge in [-0.1, -0.05) is 18.2 Å². The highest BCUT2D eigenvalue weighted by atomic mass is 19.1. The molecule has 1 heterocycles. The third kappa shape index (κ3) is 3.24. The van der Waals surface area contributed by atoms with Crippen LogP contribution < -0.4 is 5.32 Å². The molecule has 0 saturated heterocycles. The monoisotopic (exact) mass is 313 g/mol. The Balaban J connectivity index is 1.93. The van der Waals surface area contributed by atoms with Crippen LogP contribution in [-0.2, 0) is 11.3 Å². The number of ether oxygens (including phenoxy) is 1. The first-order chi connectivity index (χ1) is 11.2. The first-order valence-electron chi connectivity index (χ1n) is 7.34. The lowest BCUT2D eigenvalue weighted by Gasteiger charge is -2.05. The van der Waals surface area contributed by atoms with Crippen LogP contribution in [0.25, 0.3) is 11.0 Å². The molecule has 1 N–H and O–H groups in total. The lowest BCUT2D eigenvalue weighted by atomic mass is 10.1. The summed E-state index contributed by atoms with van der Waals surface area (Å²) < 4.78 is 24.1. The van der Waals surface area contributed by atoms with Gasteiger partial charge in [-0.25, -0.2) is 4.39 Å². The largest absolute Gasteiger partial charge is 0.451 e. The van der Waals surface area contributed by atoms with Crippen LogP contribution in [0.3, 0.4) is 0 Å². The zero-order valence-corrected chi connectivity index (χ0v) is 12.6. The van der Waals surface area contributed by atoms with Crippen molar-refractivity contribution >= 4 is 22.6 Å². The standard InChI is InChI=1S/C18H16FNO3/c1-2-22-11-15-14-5-3-4-6-16(14)23-17(15)18(21)20-13-9-7-12(19)8-10-13/h3-10H,2,11H2,1H3,(H,20,21). The Kier molecular flexibility index (Phi) is 4.39. The normalized spacial score (nSPS) is 10.9. The summed E-state index contributed by atoms with van der Waals surface area (Å²) in [6.45, 7) is 2.72. The number of para-hydroxylation sites is 1. The van der Waals surface area contributed by atoms with Crippen molar-refractivity contribution in [3.05, 3.63) is 65.7 Å². The van der Waals surface area contributed by atoms with Crippen molar-refractivity contribution in [1.29, 1.82) is 0 Å². The molecule has 0 bridgehead atoms. The van der Waals surface area contributed by atoms with E-state index in [9.17, 15) is 9.18 Å². The molecule has 1 amide bonds. The summed E-state index contributed by atoms with van der Waals surface area (Å²) in [5.74, 6) is -0.532. The minimum Gasteiger partial charge on any atom is -0.451 e. The highest BCUT2D eigenvalue weighted by Crippen LogP contribution is 2.27. The van der Waals surface area contributed by atoms with Crippen molar-refractivity contribution in [2.45, 2.75) is 13.5 Å². The molecule has 3 aromatic rings. The van der Waals surface area contributed by atoms with Gasteiger partial charge in [-0.2, -0.15) is 0 Å². The van der Waals surface area contributed by atoms with Crippen LogP contribution in [0.2, 0.25) is 0 Å². The van der Waals surface area contributed by atoms with Crippen LogP contribution in [0.5, 0.6) is 0 Å². The Morgan fingerprint density at radius 1 is 1.17 bits per heavy atom. The highest BCUT2D eigenvalue weighted by molar-refractivity contribution is 6.06. The van der Waals surface area contributed by atoms with Crippen LogP contribution in [-0.4, -0.2) is 12.5 Å². The van der Waals surface area contributed by atoms with Gasteiger partial charge in [0, 0.05) is 23.2 Å². The van der Waals surface area contributed by atoms with Crippen molar-refractivity contribution in [2.24, 2.45) is 0 Å². The summed E-state index contributed by atoms with van der Waals surface area (Å²) in [6.07, 6.45) is 0. The van der Waals surface area contributed by atoms with Crippen LogP contribution in [0.1, 0.15) is 23.0 Å². The highest BCUT2D eigenvalue weighted by Gasteiger charge is 2.20. The SMILES string of the molecule is CCOCc1c(C(=O)Nc2ccc(F)cc2)oc2ccccc12. The predicted octanol–water partition coefficient (Wildman–Crippen LogP) is 4.36. The number of furan rings is 1.